The van der Waals surface area contributed by atoms with E-state index in [4.69, 9.17) is 0 Å². The first kappa shape index (κ1) is 18.7. The van der Waals surface area contributed by atoms with Gasteiger partial charge in [-0.05, 0) is 37.3 Å². The van der Waals surface area contributed by atoms with Crippen LogP contribution in [-0.2, 0) is 6.18 Å². The van der Waals surface area contributed by atoms with E-state index in [1.54, 1.807) is 30.5 Å². The topological polar surface area (TPSA) is 59.3 Å². The smallest absolute Gasteiger partial charge is 0.322 e. The zero-order chi connectivity index (χ0) is 20.6. The number of carbonyl (C=O) groups is 1. The molecule has 0 aliphatic heterocycles. The molecular formula is C21H15F3N4O. The number of aromatic nitrogens is 3. The molecule has 0 aliphatic rings. The van der Waals surface area contributed by atoms with Crippen LogP contribution in [0, 0.1) is 6.92 Å². The van der Waals surface area contributed by atoms with Crippen LogP contribution < -0.4 is 5.32 Å². The van der Waals surface area contributed by atoms with Gasteiger partial charge in [-0.25, -0.2) is 9.97 Å². The van der Waals surface area contributed by atoms with Gasteiger partial charge in [0.15, 0.2) is 0 Å². The van der Waals surface area contributed by atoms with Gasteiger partial charge < -0.3 is 5.32 Å². The molecule has 0 spiro atoms. The van der Waals surface area contributed by atoms with Crippen LogP contribution in [0.3, 0.4) is 0 Å². The van der Waals surface area contributed by atoms with Crippen molar-refractivity contribution in [2.45, 2.75) is 13.1 Å². The van der Waals surface area contributed by atoms with E-state index in [0.29, 0.717) is 17.2 Å². The fourth-order valence-electron chi connectivity index (χ4n) is 3.15. The van der Waals surface area contributed by atoms with Crippen LogP contribution in [-0.4, -0.2) is 20.3 Å². The van der Waals surface area contributed by atoms with E-state index < -0.39 is 23.2 Å². The molecule has 1 amide bonds. The van der Waals surface area contributed by atoms with E-state index in [0.717, 1.165) is 23.4 Å². The standard InChI is InChI=1S/C21H15F3N4O/c1-13-18(27-20-25-10-5-11-28(13)20)14-6-4-7-15(12-14)26-19(29)16-8-2-3-9-17(16)21(22,23)24/h2-12H,1H3,(H,26,29). The molecule has 4 rings (SSSR count). The summed E-state index contributed by atoms with van der Waals surface area (Å²) in [5.41, 5.74) is 1.22. The van der Waals surface area contributed by atoms with E-state index in [1.807, 2.05) is 23.6 Å². The number of aryl methyl sites for hydroxylation is 1. The summed E-state index contributed by atoms with van der Waals surface area (Å²) >= 11 is 0. The molecule has 0 fully saturated rings. The average molecular weight is 396 g/mol. The van der Waals surface area contributed by atoms with Gasteiger partial charge >= 0.3 is 6.18 Å². The first-order chi connectivity index (χ1) is 13.8. The molecule has 0 unspecified atom stereocenters. The molecule has 0 saturated heterocycles. The second-order valence-corrected chi connectivity index (χ2v) is 6.41. The van der Waals surface area contributed by atoms with Crippen molar-refractivity contribution < 1.29 is 18.0 Å². The Hall–Kier alpha value is -3.68. The number of anilines is 1. The SMILES string of the molecule is Cc1c(-c2cccc(NC(=O)c3ccccc3C(F)(F)F)c2)nc2ncccn12. The van der Waals surface area contributed by atoms with Gasteiger partial charge in [0, 0.05) is 29.3 Å². The predicted octanol–water partition coefficient (Wildman–Crippen LogP) is 4.98. The average Bonchev–Trinajstić information content (AvgIpc) is 3.04. The molecule has 8 heteroatoms. The second-order valence-electron chi connectivity index (χ2n) is 6.41. The number of alkyl halides is 3. The van der Waals surface area contributed by atoms with Crippen molar-refractivity contribution in [2.75, 3.05) is 5.32 Å². The number of halogens is 3. The lowest BCUT2D eigenvalue weighted by Gasteiger charge is -2.13. The minimum Gasteiger partial charge on any atom is -0.322 e. The molecule has 0 aliphatic carbocycles. The summed E-state index contributed by atoms with van der Waals surface area (Å²) in [7, 11) is 0. The molecule has 0 atom stereocenters. The van der Waals surface area contributed by atoms with Crippen molar-refractivity contribution in [3.63, 3.8) is 0 Å². The van der Waals surface area contributed by atoms with Gasteiger partial charge in [0.05, 0.1) is 16.8 Å². The second kappa shape index (κ2) is 7.05. The fourth-order valence-corrected chi connectivity index (χ4v) is 3.15. The van der Waals surface area contributed by atoms with Crippen LogP contribution in [0.25, 0.3) is 17.0 Å². The van der Waals surface area contributed by atoms with E-state index >= 15 is 0 Å². The normalized spacial score (nSPS) is 11.6. The summed E-state index contributed by atoms with van der Waals surface area (Å²) in [5, 5.41) is 2.54. The molecule has 0 saturated carbocycles. The number of rotatable bonds is 3. The van der Waals surface area contributed by atoms with Crippen molar-refractivity contribution in [3.8, 4) is 11.3 Å². The molecule has 146 valence electrons. The maximum Gasteiger partial charge on any atom is 0.417 e. The summed E-state index contributed by atoms with van der Waals surface area (Å²) in [6.07, 6.45) is -1.13. The van der Waals surface area contributed by atoms with Gasteiger partial charge in [-0.15, -0.1) is 0 Å². The maximum atomic E-state index is 13.2. The zero-order valence-electron chi connectivity index (χ0n) is 15.2. The minimum atomic E-state index is -4.61. The van der Waals surface area contributed by atoms with Crippen LogP contribution >= 0.6 is 0 Å². The lowest BCUT2D eigenvalue weighted by molar-refractivity contribution is -0.137. The summed E-state index contributed by atoms with van der Waals surface area (Å²) in [4.78, 5) is 21.2. The van der Waals surface area contributed by atoms with E-state index in [1.165, 1.54) is 12.1 Å². The van der Waals surface area contributed by atoms with Gasteiger partial charge in [0.1, 0.15) is 0 Å². The summed E-state index contributed by atoms with van der Waals surface area (Å²) in [5.74, 6) is -0.294. The number of nitrogens with one attached hydrogen (secondary N) is 1. The van der Waals surface area contributed by atoms with Crippen LogP contribution in [0.2, 0.25) is 0 Å². The van der Waals surface area contributed by atoms with Crippen molar-refractivity contribution >= 4 is 17.4 Å². The zero-order valence-corrected chi connectivity index (χ0v) is 15.2. The summed E-state index contributed by atoms with van der Waals surface area (Å²) in [6, 6.07) is 13.3. The third-order valence-corrected chi connectivity index (χ3v) is 4.51. The van der Waals surface area contributed by atoms with Gasteiger partial charge in [0.2, 0.25) is 5.78 Å². The van der Waals surface area contributed by atoms with Crippen LogP contribution in [0.15, 0.2) is 67.0 Å². The predicted molar refractivity (Wildman–Crippen MR) is 103 cm³/mol. The Morgan fingerprint density at radius 1 is 1.07 bits per heavy atom. The van der Waals surface area contributed by atoms with Crippen molar-refractivity contribution in [2.24, 2.45) is 0 Å². The Morgan fingerprint density at radius 3 is 2.62 bits per heavy atom. The highest BCUT2D eigenvalue weighted by Crippen LogP contribution is 2.32. The maximum absolute atomic E-state index is 13.2. The quantitative estimate of drug-likeness (QED) is 0.532. The molecule has 2 heterocycles. The summed E-state index contributed by atoms with van der Waals surface area (Å²) < 4.78 is 41.4. The number of benzene rings is 2. The number of hydrogen-bond donors (Lipinski definition) is 1. The molecule has 4 aromatic rings. The molecular weight excluding hydrogens is 381 g/mol. The third kappa shape index (κ3) is 3.56. The van der Waals surface area contributed by atoms with Crippen molar-refractivity contribution in [1.29, 1.82) is 0 Å². The number of nitrogens with zero attached hydrogens (tertiary/aromatic N) is 3. The van der Waals surface area contributed by atoms with Crippen LogP contribution in [0.1, 0.15) is 21.6 Å². The van der Waals surface area contributed by atoms with Crippen LogP contribution in [0.4, 0.5) is 18.9 Å². The highest BCUT2D eigenvalue weighted by Gasteiger charge is 2.34. The Balaban J connectivity index is 1.67. The fraction of sp³-hybridized carbons (Fsp3) is 0.0952. The summed E-state index contributed by atoms with van der Waals surface area (Å²) in [6.45, 7) is 1.89. The van der Waals surface area contributed by atoms with Gasteiger partial charge in [-0.3, -0.25) is 9.20 Å². The Bertz CT molecular complexity index is 1210. The first-order valence-corrected chi connectivity index (χ1v) is 8.72. The molecule has 2 aromatic heterocycles. The Kier molecular flexibility index (Phi) is 4.54. The molecule has 0 bridgehead atoms. The van der Waals surface area contributed by atoms with Gasteiger partial charge in [-0.1, -0.05) is 24.3 Å². The Labute approximate surface area is 163 Å². The third-order valence-electron chi connectivity index (χ3n) is 4.51. The first-order valence-electron chi connectivity index (χ1n) is 8.72. The highest BCUT2D eigenvalue weighted by molar-refractivity contribution is 6.05. The van der Waals surface area contributed by atoms with E-state index in [9.17, 15) is 18.0 Å². The Morgan fingerprint density at radius 2 is 1.86 bits per heavy atom. The number of amides is 1. The van der Waals surface area contributed by atoms with E-state index in [-0.39, 0.29) is 0 Å². The molecule has 0 radical (unpaired) electrons. The minimum absolute atomic E-state index is 0.369. The molecule has 1 N–H and O–H groups in total. The van der Waals surface area contributed by atoms with Gasteiger partial charge in [-0.2, -0.15) is 13.2 Å². The number of imidazole rings is 1. The highest BCUT2D eigenvalue weighted by atomic mass is 19.4. The van der Waals surface area contributed by atoms with Gasteiger partial charge in [0.25, 0.3) is 5.91 Å². The largest absolute Gasteiger partial charge is 0.417 e. The number of fused-ring (bicyclic) bond motifs is 1. The lowest BCUT2D eigenvalue weighted by Crippen LogP contribution is -2.18. The lowest BCUT2D eigenvalue weighted by atomic mass is 10.1. The number of carbonyl (C=O) groups excluding carboxylic acids is 1. The molecule has 5 nitrogen and oxygen atoms in total. The number of hydrogen-bond acceptors (Lipinski definition) is 3. The van der Waals surface area contributed by atoms with E-state index in [2.05, 4.69) is 15.3 Å². The molecule has 2 aromatic carbocycles. The van der Waals surface area contributed by atoms with Crippen molar-refractivity contribution in [1.82, 2.24) is 14.4 Å². The molecule has 29 heavy (non-hydrogen) atoms. The van der Waals surface area contributed by atoms with Crippen LogP contribution in [0.5, 0.6) is 0 Å². The monoisotopic (exact) mass is 396 g/mol. The van der Waals surface area contributed by atoms with Crippen molar-refractivity contribution in [3.05, 3.63) is 83.8 Å².